The molecule has 0 bridgehead atoms. The number of halogens is 2. The second kappa shape index (κ2) is 5.03. The van der Waals surface area contributed by atoms with Gasteiger partial charge in [0.25, 0.3) is 5.69 Å². The molecule has 0 atom stereocenters. The minimum absolute atomic E-state index is 0.0392. The molecule has 7 heteroatoms. The van der Waals surface area contributed by atoms with Crippen LogP contribution in [0.1, 0.15) is 21.5 Å². The number of ether oxygens (including phenoxy) is 1. The molecule has 0 N–H and O–H groups in total. The van der Waals surface area contributed by atoms with Gasteiger partial charge in [-0.1, -0.05) is 0 Å². The Morgan fingerprint density at radius 3 is 2.36 bits per heavy atom. The predicted octanol–water partition coefficient (Wildman–Crippen LogP) is 3.54. The number of fused-ring (bicyclic) bond motifs is 1. The lowest BCUT2D eigenvalue weighted by atomic mass is 10.1. The van der Waals surface area contributed by atoms with Crippen molar-refractivity contribution in [3.05, 3.63) is 74.8 Å². The molecule has 110 valence electrons. The maximum atomic E-state index is 13.2. The van der Waals surface area contributed by atoms with Gasteiger partial charge in [-0.2, -0.15) is 0 Å². The Kier molecular flexibility index (Phi) is 3.17. The molecule has 3 rings (SSSR count). The molecule has 0 aliphatic carbocycles. The lowest BCUT2D eigenvalue weighted by molar-refractivity contribution is -0.384. The summed E-state index contributed by atoms with van der Waals surface area (Å²) in [5, 5.41) is 10.7. The molecule has 0 aromatic heterocycles. The molecule has 1 heterocycles. The second-order valence-electron chi connectivity index (χ2n) is 4.59. The first-order chi connectivity index (χ1) is 10.4. The SMILES string of the molecule is O=C1O/C(=C\c2cc(F)cc(F)c2)c2ccc([N+](=O)[O-])cc21. The van der Waals surface area contributed by atoms with E-state index in [0.717, 1.165) is 24.3 Å². The van der Waals surface area contributed by atoms with Crippen molar-refractivity contribution in [2.75, 3.05) is 0 Å². The van der Waals surface area contributed by atoms with Crippen LogP contribution in [0.5, 0.6) is 0 Å². The Bertz CT molecular complexity index is 825. The zero-order chi connectivity index (χ0) is 15.9. The number of hydrogen-bond acceptors (Lipinski definition) is 4. The molecule has 22 heavy (non-hydrogen) atoms. The van der Waals surface area contributed by atoms with Crippen LogP contribution in [0, 0.1) is 21.7 Å². The first-order valence-electron chi connectivity index (χ1n) is 6.13. The van der Waals surface area contributed by atoms with E-state index in [-0.39, 0.29) is 22.6 Å². The molecule has 0 radical (unpaired) electrons. The minimum Gasteiger partial charge on any atom is -0.422 e. The monoisotopic (exact) mass is 303 g/mol. The van der Waals surface area contributed by atoms with E-state index >= 15 is 0 Å². The first-order valence-corrected chi connectivity index (χ1v) is 6.13. The summed E-state index contributed by atoms with van der Waals surface area (Å²) < 4.78 is 31.3. The van der Waals surface area contributed by atoms with Crippen LogP contribution < -0.4 is 0 Å². The number of hydrogen-bond donors (Lipinski definition) is 0. The van der Waals surface area contributed by atoms with Crippen molar-refractivity contribution in [3.8, 4) is 0 Å². The summed E-state index contributed by atoms with van der Waals surface area (Å²) in [6, 6.07) is 6.56. The van der Waals surface area contributed by atoms with Crippen molar-refractivity contribution >= 4 is 23.5 Å². The molecule has 0 saturated carbocycles. The summed E-state index contributed by atoms with van der Waals surface area (Å²) >= 11 is 0. The highest BCUT2D eigenvalue weighted by molar-refractivity contribution is 6.06. The standard InChI is InChI=1S/C15H7F2NO4/c16-9-3-8(4-10(17)6-9)5-14-12-2-1-11(18(20)21)7-13(12)15(19)22-14/h1-7H/b14-5-. The topological polar surface area (TPSA) is 69.4 Å². The third-order valence-corrected chi connectivity index (χ3v) is 3.08. The predicted molar refractivity (Wildman–Crippen MR) is 72.7 cm³/mol. The summed E-state index contributed by atoms with van der Waals surface area (Å²) in [6.45, 7) is 0. The number of rotatable bonds is 2. The number of esters is 1. The summed E-state index contributed by atoms with van der Waals surface area (Å²) in [5.74, 6) is -2.19. The molecule has 0 saturated heterocycles. The maximum absolute atomic E-state index is 13.2. The average molecular weight is 303 g/mol. The average Bonchev–Trinajstić information content (AvgIpc) is 2.74. The number of benzene rings is 2. The number of nitro groups is 1. The largest absolute Gasteiger partial charge is 0.422 e. The summed E-state index contributed by atoms with van der Waals surface area (Å²) in [7, 11) is 0. The van der Waals surface area contributed by atoms with Gasteiger partial charge in [0.05, 0.1) is 10.5 Å². The van der Waals surface area contributed by atoms with Gasteiger partial charge in [-0.25, -0.2) is 13.6 Å². The summed E-state index contributed by atoms with van der Waals surface area (Å²) in [5.41, 5.74) is 0.304. The molecular formula is C15H7F2NO4. The molecule has 0 spiro atoms. The van der Waals surface area contributed by atoms with Crippen LogP contribution in [0.4, 0.5) is 14.5 Å². The Balaban J connectivity index is 2.07. The van der Waals surface area contributed by atoms with Crippen LogP contribution in [-0.4, -0.2) is 10.9 Å². The molecular weight excluding hydrogens is 296 g/mol. The lowest BCUT2D eigenvalue weighted by Gasteiger charge is -2.00. The molecule has 1 aliphatic heterocycles. The van der Waals surface area contributed by atoms with Crippen molar-refractivity contribution in [2.45, 2.75) is 0 Å². The van der Waals surface area contributed by atoms with Gasteiger partial charge in [-0.3, -0.25) is 10.1 Å². The minimum atomic E-state index is -0.764. The molecule has 0 fully saturated rings. The van der Waals surface area contributed by atoms with Crippen molar-refractivity contribution in [3.63, 3.8) is 0 Å². The van der Waals surface area contributed by atoms with E-state index < -0.39 is 22.5 Å². The van der Waals surface area contributed by atoms with Crippen LogP contribution in [-0.2, 0) is 4.74 Å². The number of cyclic esters (lactones) is 1. The number of nitrogens with zero attached hydrogens (tertiary/aromatic N) is 1. The highest BCUT2D eigenvalue weighted by Gasteiger charge is 2.28. The van der Waals surface area contributed by atoms with Crippen LogP contribution in [0.2, 0.25) is 0 Å². The number of carbonyl (C=O) groups excluding carboxylic acids is 1. The van der Waals surface area contributed by atoms with Gasteiger partial charge < -0.3 is 4.74 Å². The smallest absolute Gasteiger partial charge is 0.344 e. The van der Waals surface area contributed by atoms with Crippen molar-refractivity contribution in [2.24, 2.45) is 0 Å². The van der Waals surface area contributed by atoms with E-state index in [4.69, 9.17) is 4.74 Å². The van der Waals surface area contributed by atoms with Crippen LogP contribution in [0.25, 0.3) is 11.8 Å². The molecule has 2 aromatic carbocycles. The Morgan fingerprint density at radius 2 is 1.73 bits per heavy atom. The maximum Gasteiger partial charge on any atom is 0.344 e. The fourth-order valence-electron chi connectivity index (χ4n) is 2.16. The number of non-ortho nitro benzene ring substituents is 1. The van der Waals surface area contributed by atoms with Crippen LogP contribution in [0.3, 0.4) is 0 Å². The quantitative estimate of drug-likeness (QED) is 0.483. The lowest BCUT2D eigenvalue weighted by Crippen LogP contribution is -1.95. The normalized spacial score (nSPS) is 14.8. The summed E-state index contributed by atoms with van der Waals surface area (Å²) in [4.78, 5) is 21.8. The number of carbonyl (C=O) groups is 1. The Morgan fingerprint density at radius 1 is 1.05 bits per heavy atom. The highest BCUT2D eigenvalue weighted by Crippen LogP contribution is 2.33. The van der Waals surface area contributed by atoms with E-state index in [0.29, 0.717) is 5.56 Å². The van der Waals surface area contributed by atoms with Crippen molar-refractivity contribution < 1.29 is 23.2 Å². The van der Waals surface area contributed by atoms with Gasteiger partial charge in [0.2, 0.25) is 0 Å². The first kappa shape index (κ1) is 13.9. The van der Waals surface area contributed by atoms with Gasteiger partial charge in [0, 0.05) is 23.8 Å². The van der Waals surface area contributed by atoms with Crippen LogP contribution >= 0.6 is 0 Å². The molecule has 0 unspecified atom stereocenters. The van der Waals surface area contributed by atoms with Gasteiger partial charge in [0.15, 0.2) is 0 Å². The molecule has 1 aliphatic rings. The van der Waals surface area contributed by atoms with Gasteiger partial charge in [0.1, 0.15) is 17.4 Å². The fraction of sp³-hybridized carbons (Fsp3) is 0. The Hall–Kier alpha value is -3.09. The van der Waals surface area contributed by atoms with E-state index in [2.05, 4.69) is 0 Å². The van der Waals surface area contributed by atoms with E-state index in [1.165, 1.54) is 18.2 Å². The fourth-order valence-corrected chi connectivity index (χ4v) is 2.16. The zero-order valence-electron chi connectivity index (χ0n) is 10.9. The van der Waals surface area contributed by atoms with Gasteiger partial charge in [-0.05, 0) is 29.8 Å². The van der Waals surface area contributed by atoms with Crippen molar-refractivity contribution in [1.29, 1.82) is 0 Å². The molecule has 0 amide bonds. The number of nitro benzene ring substituents is 1. The van der Waals surface area contributed by atoms with E-state index in [9.17, 15) is 23.7 Å². The summed E-state index contributed by atoms with van der Waals surface area (Å²) in [6.07, 6.45) is 1.29. The van der Waals surface area contributed by atoms with Gasteiger partial charge in [-0.15, -0.1) is 0 Å². The highest BCUT2D eigenvalue weighted by atomic mass is 19.1. The third-order valence-electron chi connectivity index (χ3n) is 3.08. The second-order valence-corrected chi connectivity index (χ2v) is 4.59. The zero-order valence-corrected chi connectivity index (χ0v) is 10.9. The van der Waals surface area contributed by atoms with Gasteiger partial charge >= 0.3 is 5.97 Å². The van der Waals surface area contributed by atoms with E-state index in [1.807, 2.05) is 0 Å². The van der Waals surface area contributed by atoms with E-state index in [1.54, 1.807) is 0 Å². The third kappa shape index (κ3) is 2.44. The van der Waals surface area contributed by atoms with Crippen molar-refractivity contribution in [1.82, 2.24) is 0 Å². The Labute approximate surface area is 122 Å². The van der Waals surface area contributed by atoms with Crippen LogP contribution in [0.15, 0.2) is 36.4 Å². The molecule has 2 aromatic rings. The molecule has 5 nitrogen and oxygen atoms in total.